The van der Waals surface area contributed by atoms with Crippen molar-refractivity contribution in [1.82, 2.24) is 9.80 Å². The van der Waals surface area contributed by atoms with Crippen molar-refractivity contribution in [2.24, 2.45) is 0 Å². The minimum atomic E-state index is -0.0309. The zero-order valence-corrected chi connectivity index (χ0v) is 14.5. The smallest absolute Gasteiger partial charge is 0.221 e. The highest BCUT2D eigenvalue weighted by atomic mass is 16.5. The summed E-state index contributed by atoms with van der Waals surface area (Å²) in [6.45, 7) is 12.1. The Morgan fingerprint density at radius 2 is 1.54 bits per heavy atom. The zero-order valence-electron chi connectivity index (χ0n) is 14.5. The second-order valence-electron chi connectivity index (χ2n) is 6.51. The van der Waals surface area contributed by atoms with Gasteiger partial charge < -0.3 is 15.0 Å². The monoisotopic (exact) mass is 332 g/mol. The molecule has 1 N–H and O–H groups in total. The van der Waals surface area contributed by atoms with Gasteiger partial charge in [-0.15, -0.1) is 0 Å². The molecule has 0 unspecified atom stereocenters. The number of hydrogen-bond donors (Lipinski definition) is 1. The van der Waals surface area contributed by atoms with Crippen molar-refractivity contribution >= 4 is 17.3 Å². The van der Waals surface area contributed by atoms with Crippen LogP contribution in [0.1, 0.15) is 6.92 Å². The molecule has 2 heterocycles. The summed E-state index contributed by atoms with van der Waals surface area (Å²) in [5.41, 5.74) is 2.09. The Bertz CT molecular complexity index is 520. The van der Waals surface area contributed by atoms with Crippen molar-refractivity contribution in [3.63, 3.8) is 0 Å². The predicted octanol–water partition coefficient (Wildman–Crippen LogP) is 1.10. The molecule has 0 atom stereocenters. The Hall–Kier alpha value is -1.63. The lowest BCUT2D eigenvalue weighted by molar-refractivity contribution is -0.114. The van der Waals surface area contributed by atoms with Gasteiger partial charge in [-0.2, -0.15) is 0 Å². The minimum absolute atomic E-state index is 0.0309. The standard InChI is InChI=1S/C18H28N4O2/c1-16(23)19-17-2-4-18(5-3-17)22-10-8-20(9-11-22)6-7-21-12-14-24-15-13-21/h2-5H,6-15H2,1H3,(H,19,23). The van der Waals surface area contributed by atoms with Crippen LogP contribution in [0.3, 0.4) is 0 Å². The molecule has 132 valence electrons. The zero-order chi connectivity index (χ0) is 16.8. The second-order valence-corrected chi connectivity index (χ2v) is 6.51. The fraction of sp³-hybridized carbons (Fsp3) is 0.611. The number of hydrogen-bond acceptors (Lipinski definition) is 5. The topological polar surface area (TPSA) is 48.1 Å². The van der Waals surface area contributed by atoms with Crippen LogP contribution in [0, 0.1) is 0 Å². The van der Waals surface area contributed by atoms with Crippen molar-refractivity contribution in [3.05, 3.63) is 24.3 Å². The van der Waals surface area contributed by atoms with Gasteiger partial charge in [0.05, 0.1) is 13.2 Å². The second kappa shape index (κ2) is 8.46. The molecule has 2 aliphatic rings. The van der Waals surface area contributed by atoms with E-state index in [1.807, 2.05) is 12.1 Å². The minimum Gasteiger partial charge on any atom is -0.379 e. The van der Waals surface area contributed by atoms with Crippen molar-refractivity contribution in [2.45, 2.75) is 6.92 Å². The van der Waals surface area contributed by atoms with Crippen molar-refractivity contribution in [3.8, 4) is 0 Å². The van der Waals surface area contributed by atoms with Gasteiger partial charge in [-0.1, -0.05) is 0 Å². The van der Waals surface area contributed by atoms with E-state index >= 15 is 0 Å². The van der Waals surface area contributed by atoms with Crippen LogP contribution in [0.5, 0.6) is 0 Å². The SMILES string of the molecule is CC(=O)Nc1ccc(N2CCN(CCN3CCOCC3)CC2)cc1. The Morgan fingerprint density at radius 1 is 0.958 bits per heavy atom. The van der Waals surface area contributed by atoms with Gasteiger partial charge in [0.2, 0.25) is 5.91 Å². The third-order valence-electron chi connectivity index (χ3n) is 4.76. The first kappa shape index (κ1) is 17.2. The summed E-state index contributed by atoms with van der Waals surface area (Å²) in [6, 6.07) is 8.13. The number of benzene rings is 1. The van der Waals surface area contributed by atoms with Gasteiger partial charge in [0, 0.05) is 70.7 Å². The van der Waals surface area contributed by atoms with Crippen molar-refractivity contribution in [1.29, 1.82) is 0 Å². The van der Waals surface area contributed by atoms with Crippen molar-refractivity contribution < 1.29 is 9.53 Å². The molecule has 24 heavy (non-hydrogen) atoms. The molecule has 0 saturated carbocycles. The summed E-state index contributed by atoms with van der Waals surface area (Å²) in [4.78, 5) is 18.5. The van der Waals surface area contributed by atoms with E-state index in [9.17, 15) is 4.79 Å². The van der Waals surface area contributed by atoms with Crippen LogP contribution in [0.25, 0.3) is 0 Å². The highest BCUT2D eigenvalue weighted by Gasteiger charge is 2.18. The molecule has 1 aromatic rings. The molecular formula is C18H28N4O2. The summed E-state index contributed by atoms with van der Waals surface area (Å²) in [5.74, 6) is -0.0309. The number of ether oxygens (including phenoxy) is 1. The number of amides is 1. The van der Waals surface area contributed by atoms with Gasteiger partial charge in [0.1, 0.15) is 0 Å². The highest BCUT2D eigenvalue weighted by molar-refractivity contribution is 5.88. The van der Waals surface area contributed by atoms with Gasteiger partial charge in [-0.25, -0.2) is 0 Å². The predicted molar refractivity (Wildman–Crippen MR) is 96.7 cm³/mol. The van der Waals surface area contributed by atoms with Gasteiger partial charge in [0.15, 0.2) is 0 Å². The van der Waals surface area contributed by atoms with Gasteiger partial charge in [0.25, 0.3) is 0 Å². The van der Waals surface area contributed by atoms with E-state index < -0.39 is 0 Å². The molecule has 0 aliphatic carbocycles. The van der Waals surface area contributed by atoms with Gasteiger partial charge >= 0.3 is 0 Å². The van der Waals surface area contributed by atoms with E-state index in [4.69, 9.17) is 4.74 Å². The number of carbonyl (C=O) groups excluding carboxylic acids is 1. The van der Waals surface area contributed by atoms with Crippen LogP contribution < -0.4 is 10.2 Å². The molecule has 6 heteroatoms. The maximum atomic E-state index is 11.1. The maximum absolute atomic E-state index is 11.1. The summed E-state index contributed by atoms with van der Waals surface area (Å²) in [6.07, 6.45) is 0. The van der Waals surface area contributed by atoms with Crippen LogP contribution >= 0.6 is 0 Å². The third-order valence-corrected chi connectivity index (χ3v) is 4.76. The number of carbonyl (C=O) groups is 1. The molecule has 6 nitrogen and oxygen atoms in total. The lowest BCUT2D eigenvalue weighted by Gasteiger charge is -2.37. The number of rotatable bonds is 5. The fourth-order valence-corrected chi connectivity index (χ4v) is 3.30. The van der Waals surface area contributed by atoms with E-state index in [2.05, 4.69) is 32.1 Å². The lowest BCUT2D eigenvalue weighted by atomic mass is 10.2. The summed E-state index contributed by atoms with van der Waals surface area (Å²) < 4.78 is 5.40. The fourth-order valence-electron chi connectivity index (χ4n) is 3.30. The number of nitrogens with one attached hydrogen (secondary N) is 1. The average Bonchev–Trinajstić information content (AvgIpc) is 2.62. The number of morpholine rings is 1. The molecule has 0 bridgehead atoms. The van der Waals surface area contributed by atoms with Crippen LogP contribution in [0.4, 0.5) is 11.4 Å². The van der Waals surface area contributed by atoms with Gasteiger partial charge in [-0.05, 0) is 24.3 Å². The number of nitrogens with zero attached hydrogens (tertiary/aromatic N) is 3. The van der Waals surface area contributed by atoms with Crippen LogP contribution in [0.15, 0.2) is 24.3 Å². The molecular weight excluding hydrogens is 304 g/mol. The highest BCUT2D eigenvalue weighted by Crippen LogP contribution is 2.19. The molecule has 0 spiro atoms. The molecule has 0 radical (unpaired) electrons. The first-order chi connectivity index (χ1) is 11.7. The first-order valence-electron chi connectivity index (χ1n) is 8.86. The summed E-state index contributed by atoms with van der Waals surface area (Å²) in [5, 5.41) is 2.81. The van der Waals surface area contributed by atoms with E-state index in [0.717, 1.165) is 71.3 Å². The Morgan fingerprint density at radius 3 is 2.12 bits per heavy atom. The van der Waals surface area contributed by atoms with Crippen molar-refractivity contribution in [2.75, 3.05) is 75.8 Å². The van der Waals surface area contributed by atoms with Gasteiger partial charge in [-0.3, -0.25) is 14.6 Å². The lowest BCUT2D eigenvalue weighted by Crippen LogP contribution is -2.49. The average molecular weight is 332 g/mol. The Kier molecular flexibility index (Phi) is 6.07. The molecule has 2 aliphatic heterocycles. The first-order valence-corrected chi connectivity index (χ1v) is 8.86. The normalized spacial score (nSPS) is 20.1. The number of anilines is 2. The molecule has 2 fully saturated rings. The van der Waals surface area contributed by atoms with E-state index in [1.54, 1.807) is 0 Å². The van der Waals surface area contributed by atoms with E-state index in [-0.39, 0.29) is 5.91 Å². The Balaban J connectivity index is 1.42. The molecule has 1 amide bonds. The molecule has 1 aromatic carbocycles. The molecule has 0 aromatic heterocycles. The quantitative estimate of drug-likeness (QED) is 0.875. The molecule has 3 rings (SSSR count). The van der Waals surface area contributed by atoms with Crippen LogP contribution in [-0.4, -0.2) is 81.3 Å². The third kappa shape index (κ3) is 4.93. The summed E-state index contributed by atoms with van der Waals surface area (Å²) in [7, 11) is 0. The number of piperazine rings is 1. The van der Waals surface area contributed by atoms with Crippen LogP contribution in [-0.2, 0) is 9.53 Å². The molecule has 2 saturated heterocycles. The largest absolute Gasteiger partial charge is 0.379 e. The summed E-state index contributed by atoms with van der Waals surface area (Å²) >= 11 is 0. The Labute approximate surface area is 144 Å². The van der Waals surface area contributed by atoms with E-state index in [1.165, 1.54) is 12.6 Å². The maximum Gasteiger partial charge on any atom is 0.221 e. The van der Waals surface area contributed by atoms with Crippen LogP contribution in [0.2, 0.25) is 0 Å². The van der Waals surface area contributed by atoms with E-state index in [0.29, 0.717) is 0 Å².